The third-order valence-corrected chi connectivity index (χ3v) is 3.95. The van der Waals surface area contributed by atoms with Gasteiger partial charge in [-0.2, -0.15) is 0 Å². The fourth-order valence-corrected chi connectivity index (χ4v) is 3.15. The van der Waals surface area contributed by atoms with Gasteiger partial charge in [-0.15, -0.1) is 17.9 Å². The van der Waals surface area contributed by atoms with Gasteiger partial charge in [0.05, 0.1) is 0 Å². The fourth-order valence-electron chi connectivity index (χ4n) is 1.96. The van der Waals surface area contributed by atoms with Crippen molar-refractivity contribution in [2.24, 2.45) is 5.73 Å². The highest BCUT2D eigenvalue weighted by atomic mass is 32.1. The molecule has 0 aliphatic heterocycles. The predicted molar refractivity (Wildman–Crippen MR) is 79.8 cm³/mol. The van der Waals surface area contributed by atoms with Crippen LogP contribution in [0.2, 0.25) is 0 Å². The standard InChI is InChI=1S/C16H17NS/c1-3-15(13-7-5-4-6-8-13)16-10-9-14(18-16)11-12(2)17/h3-10,15H,1-2,11,17H2. The van der Waals surface area contributed by atoms with Gasteiger partial charge < -0.3 is 5.73 Å². The van der Waals surface area contributed by atoms with Gasteiger partial charge in [0.1, 0.15) is 0 Å². The molecule has 1 unspecified atom stereocenters. The van der Waals surface area contributed by atoms with Crippen LogP contribution in [0.4, 0.5) is 0 Å². The lowest BCUT2D eigenvalue weighted by Gasteiger charge is -2.10. The highest BCUT2D eigenvalue weighted by Gasteiger charge is 2.12. The summed E-state index contributed by atoms with van der Waals surface area (Å²) < 4.78 is 0. The average molecular weight is 255 g/mol. The molecule has 2 aromatic rings. The van der Waals surface area contributed by atoms with Crippen LogP contribution in [0.15, 0.2) is 67.4 Å². The van der Waals surface area contributed by atoms with Crippen LogP contribution in [0.1, 0.15) is 21.2 Å². The van der Waals surface area contributed by atoms with E-state index in [9.17, 15) is 0 Å². The molecule has 92 valence electrons. The number of rotatable bonds is 5. The van der Waals surface area contributed by atoms with Crippen LogP contribution in [-0.4, -0.2) is 0 Å². The molecule has 0 aliphatic carbocycles. The van der Waals surface area contributed by atoms with E-state index in [1.54, 1.807) is 11.3 Å². The van der Waals surface area contributed by atoms with Crippen LogP contribution in [0.5, 0.6) is 0 Å². The van der Waals surface area contributed by atoms with Crippen molar-refractivity contribution in [1.82, 2.24) is 0 Å². The summed E-state index contributed by atoms with van der Waals surface area (Å²) >= 11 is 1.78. The zero-order valence-electron chi connectivity index (χ0n) is 10.3. The van der Waals surface area contributed by atoms with E-state index in [0.29, 0.717) is 5.70 Å². The zero-order chi connectivity index (χ0) is 13.0. The van der Waals surface area contributed by atoms with Crippen LogP contribution >= 0.6 is 11.3 Å². The molecule has 2 heteroatoms. The van der Waals surface area contributed by atoms with E-state index in [0.717, 1.165) is 6.42 Å². The lowest BCUT2D eigenvalue weighted by Crippen LogP contribution is -1.96. The molecule has 1 nitrogen and oxygen atoms in total. The summed E-state index contributed by atoms with van der Waals surface area (Å²) in [5.74, 6) is 0.260. The minimum Gasteiger partial charge on any atom is -0.402 e. The molecule has 0 saturated heterocycles. The Morgan fingerprint density at radius 2 is 1.94 bits per heavy atom. The van der Waals surface area contributed by atoms with Crippen molar-refractivity contribution >= 4 is 11.3 Å². The molecule has 0 fully saturated rings. The maximum Gasteiger partial charge on any atom is 0.0361 e. The van der Waals surface area contributed by atoms with Crippen LogP contribution < -0.4 is 5.73 Å². The van der Waals surface area contributed by atoms with Crippen molar-refractivity contribution in [3.63, 3.8) is 0 Å². The monoisotopic (exact) mass is 255 g/mol. The number of thiophene rings is 1. The van der Waals surface area contributed by atoms with Gasteiger partial charge in [0.25, 0.3) is 0 Å². The van der Waals surface area contributed by atoms with Crippen LogP contribution in [0.25, 0.3) is 0 Å². The highest BCUT2D eigenvalue weighted by molar-refractivity contribution is 7.12. The minimum atomic E-state index is 0.260. The van der Waals surface area contributed by atoms with Crippen LogP contribution in [0, 0.1) is 0 Å². The van der Waals surface area contributed by atoms with E-state index >= 15 is 0 Å². The molecular weight excluding hydrogens is 238 g/mol. The second-order valence-corrected chi connectivity index (χ2v) is 5.46. The van der Waals surface area contributed by atoms with Crippen molar-refractivity contribution in [3.05, 3.63) is 82.7 Å². The third-order valence-electron chi connectivity index (χ3n) is 2.78. The van der Waals surface area contributed by atoms with Gasteiger partial charge in [-0.05, 0) is 17.7 Å². The molecule has 0 aliphatic rings. The first-order valence-electron chi connectivity index (χ1n) is 5.90. The fraction of sp³-hybridized carbons (Fsp3) is 0.125. The summed E-state index contributed by atoms with van der Waals surface area (Å²) in [7, 11) is 0. The molecule has 0 radical (unpaired) electrons. The molecule has 2 rings (SSSR count). The Hall–Kier alpha value is -1.80. The van der Waals surface area contributed by atoms with Gasteiger partial charge in [-0.1, -0.05) is 43.0 Å². The van der Waals surface area contributed by atoms with Gasteiger partial charge in [-0.25, -0.2) is 0 Å². The normalized spacial score (nSPS) is 12.0. The summed E-state index contributed by atoms with van der Waals surface area (Å²) in [6.45, 7) is 7.70. The summed E-state index contributed by atoms with van der Waals surface area (Å²) in [5, 5.41) is 0. The maximum absolute atomic E-state index is 5.65. The molecular formula is C16H17NS. The molecule has 1 aromatic carbocycles. The number of nitrogens with two attached hydrogens (primary N) is 1. The van der Waals surface area contributed by atoms with Gasteiger partial charge >= 0.3 is 0 Å². The molecule has 18 heavy (non-hydrogen) atoms. The highest BCUT2D eigenvalue weighted by Crippen LogP contribution is 2.31. The second kappa shape index (κ2) is 5.69. The Labute approximate surface area is 112 Å². The summed E-state index contributed by atoms with van der Waals surface area (Å²) in [4.78, 5) is 2.55. The van der Waals surface area contributed by atoms with Crippen molar-refractivity contribution in [2.75, 3.05) is 0 Å². The van der Waals surface area contributed by atoms with E-state index in [4.69, 9.17) is 5.73 Å². The molecule has 0 amide bonds. The first-order chi connectivity index (χ1) is 8.70. The van der Waals surface area contributed by atoms with E-state index < -0.39 is 0 Å². The quantitative estimate of drug-likeness (QED) is 0.800. The summed E-state index contributed by atoms with van der Waals surface area (Å²) in [6, 6.07) is 14.7. The Balaban J connectivity index is 2.26. The molecule has 0 spiro atoms. The van der Waals surface area contributed by atoms with Gasteiger partial charge in [-0.3, -0.25) is 0 Å². The predicted octanol–water partition coefficient (Wildman–Crippen LogP) is 4.08. The second-order valence-electron chi connectivity index (χ2n) is 4.26. The lowest BCUT2D eigenvalue weighted by molar-refractivity contribution is 1.06. The van der Waals surface area contributed by atoms with E-state index in [1.165, 1.54) is 15.3 Å². The number of hydrogen-bond acceptors (Lipinski definition) is 2. The third kappa shape index (κ3) is 2.90. The molecule has 1 aromatic heterocycles. The minimum absolute atomic E-state index is 0.260. The summed E-state index contributed by atoms with van der Waals surface area (Å²) in [5.41, 5.74) is 7.62. The molecule has 0 bridgehead atoms. The summed E-state index contributed by atoms with van der Waals surface area (Å²) in [6.07, 6.45) is 2.74. The van der Waals surface area contributed by atoms with Crippen molar-refractivity contribution < 1.29 is 0 Å². The topological polar surface area (TPSA) is 26.0 Å². The largest absolute Gasteiger partial charge is 0.402 e. The first-order valence-corrected chi connectivity index (χ1v) is 6.71. The Bertz CT molecular complexity index is 539. The Morgan fingerprint density at radius 1 is 1.22 bits per heavy atom. The van der Waals surface area contributed by atoms with Gasteiger partial charge in [0.15, 0.2) is 0 Å². The number of hydrogen-bond donors (Lipinski definition) is 1. The van der Waals surface area contributed by atoms with Crippen molar-refractivity contribution in [2.45, 2.75) is 12.3 Å². The first kappa shape index (κ1) is 12.7. The Morgan fingerprint density at radius 3 is 2.56 bits per heavy atom. The number of allylic oxidation sites excluding steroid dienone is 2. The smallest absolute Gasteiger partial charge is 0.0361 e. The average Bonchev–Trinajstić information content (AvgIpc) is 2.79. The van der Waals surface area contributed by atoms with Crippen LogP contribution in [-0.2, 0) is 6.42 Å². The van der Waals surface area contributed by atoms with Crippen molar-refractivity contribution in [3.8, 4) is 0 Å². The van der Waals surface area contributed by atoms with Crippen LogP contribution in [0.3, 0.4) is 0 Å². The molecule has 1 atom stereocenters. The maximum atomic E-state index is 5.65. The lowest BCUT2D eigenvalue weighted by atomic mass is 9.98. The Kier molecular flexibility index (Phi) is 4.00. The van der Waals surface area contributed by atoms with Crippen molar-refractivity contribution in [1.29, 1.82) is 0 Å². The van der Waals surface area contributed by atoms with Gasteiger partial charge in [0, 0.05) is 27.8 Å². The number of benzene rings is 1. The SMILES string of the molecule is C=CC(c1ccccc1)c1ccc(CC(=C)N)s1. The van der Waals surface area contributed by atoms with E-state index in [1.807, 2.05) is 12.1 Å². The molecule has 1 heterocycles. The van der Waals surface area contributed by atoms with E-state index in [-0.39, 0.29) is 5.92 Å². The van der Waals surface area contributed by atoms with Gasteiger partial charge in [0.2, 0.25) is 0 Å². The zero-order valence-corrected chi connectivity index (χ0v) is 11.1. The molecule has 0 saturated carbocycles. The van der Waals surface area contributed by atoms with E-state index in [2.05, 4.69) is 49.6 Å². The molecule has 2 N–H and O–H groups in total.